The molecule has 0 aliphatic rings. The quantitative estimate of drug-likeness (QED) is 0.371. The Labute approximate surface area is 163 Å². The summed E-state index contributed by atoms with van der Waals surface area (Å²) in [6.45, 7) is 0. The standard InChI is InChI=1S/Cl2O.5ClH.K.Zr/c1-3-2;;;;;;;/h;5*1H;;/q;;;;;;+1;+4/p-5. The first kappa shape index (κ1) is 62.5. The number of hydrogen-bond donors (Lipinski definition) is 0. The average Bonchev–Trinajstić information content (AvgIpc) is 0.918. The minimum absolute atomic E-state index is 0. The number of halogens is 7. The molecule has 0 amide bonds. The minimum atomic E-state index is 0. The van der Waals surface area contributed by atoms with Gasteiger partial charge < -0.3 is 62.0 Å². The molecule has 10 heavy (non-hydrogen) atoms. The Morgan fingerprint density at radius 1 is 0.700 bits per heavy atom. The first-order valence-corrected chi connectivity index (χ1v) is 0.926. The Balaban J connectivity index is -0.000000000952. The van der Waals surface area contributed by atoms with E-state index in [9.17, 15) is 0 Å². The van der Waals surface area contributed by atoms with Gasteiger partial charge in [0.1, 0.15) is 0 Å². The molecule has 0 radical (unpaired) electrons. The van der Waals surface area contributed by atoms with Crippen molar-refractivity contribution in [2.75, 3.05) is 0 Å². The summed E-state index contributed by atoms with van der Waals surface area (Å²) in [5.41, 5.74) is 0. The fourth-order valence-corrected chi connectivity index (χ4v) is 0. The SMILES string of the molecule is ClOCl.[Cl-].[Cl-].[Cl-].[Cl-].[Cl-].[K+].[Zr+4]. The number of hydrogen-bond acceptors (Lipinski definition) is 1. The third-order valence-corrected chi connectivity index (χ3v) is 0. The van der Waals surface area contributed by atoms with Gasteiger partial charge >= 0.3 is 77.6 Å². The molecular formula is Cl7KOZr. The van der Waals surface area contributed by atoms with E-state index in [2.05, 4.69) is 27.6 Å². The van der Waals surface area contributed by atoms with Gasteiger partial charge in [0.25, 0.3) is 0 Å². The molecular weight excluding hydrogens is 394 g/mol. The van der Waals surface area contributed by atoms with E-state index >= 15 is 0 Å². The van der Waals surface area contributed by atoms with Crippen LogP contribution in [0.2, 0.25) is 0 Å². The molecule has 0 saturated heterocycles. The van der Waals surface area contributed by atoms with Crippen LogP contribution in [0.5, 0.6) is 0 Å². The van der Waals surface area contributed by atoms with Crippen LogP contribution >= 0.6 is 23.7 Å². The molecule has 0 unspecified atom stereocenters. The minimum Gasteiger partial charge on any atom is -1.00 e. The average molecular weight is 394 g/mol. The third kappa shape index (κ3) is 81.5. The van der Waals surface area contributed by atoms with Gasteiger partial charge in [-0.2, -0.15) is 3.84 Å². The molecule has 0 fully saturated rings. The number of rotatable bonds is 0. The molecule has 0 saturated carbocycles. The second-order valence-electron chi connectivity index (χ2n) is 0.0583. The molecule has 10 heteroatoms. The summed E-state index contributed by atoms with van der Waals surface area (Å²) >= 11 is 8.53. The Morgan fingerprint density at radius 2 is 0.700 bits per heavy atom. The molecule has 0 aliphatic carbocycles. The van der Waals surface area contributed by atoms with Crippen LogP contribution in [0, 0.1) is 0 Å². The molecule has 0 heterocycles. The van der Waals surface area contributed by atoms with Crippen molar-refractivity contribution in [2.24, 2.45) is 0 Å². The van der Waals surface area contributed by atoms with Crippen molar-refractivity contribution in [3.05, 3.63) is 0 Å². The zero-order valence-electron chi connectivity index (χ0n) is 4.55. The second kappa shape index (κ2) is 69.6. The van der Waals surface area contributed by atoms with Crippen LogP contribution in [0.15, 0.2) is 0 Å². The van der Waals surface area contributed by atoms with Crippen LogP contribution < -0.4 is 113 Å². The van der Waals surface area contributed by atoms with Crippen LogP contribution in [0.4, 0.5) is 0 Å². The maximum absolute atomic E-state index is 4.26. The fraction of sp³-hybridized carbons (Fsp3) is 0. The van der Waals surface area contributed by atoms with Crippen LogP contribution in [0.1, 0.15) is 0 Å². The molecule has 0 atom stereocenters. The Bertz CT molecular complexity index is 13.6. The van der Waals surface area contributed by atoms with Crippen LogP contribution in [0.3, 0.4) is 0 Å². The maximum atomic E-state index is 4.26. The Kier molecular flexibility index (Phi) is 435. The molecule has 0 aromatic carbocycles. The van der Waals surface area contributed by atoms with E-state index in [1.807, 2.05) is 0 Å². The fourth-order valence-electron chi connectivity index (χ4n) is 0. The summed E-state index contributed by atoms with van der Waals surface area (Å²) in [5, 5.41) is 0. The van der Waals surface area contributed by atoms with Gasteiger partial charge in [0.2, 0.25) is 0 Å². The topological polar surface area (TPSA) is 9.23 Å². The van der Waals surface area contributed by atoms with E-state index in [1.54, 1.807) is 0 Å². The van der Waals surface area contributed by atoms with Gasteiger partial charge in [-0.25, -0.2) is 0 Å². The van der Waals surface area contributed by atoms with E-state index < -0.39 is 0 Å². The molecule has 0 aliphatic heterocycles. The van der Waals surface area contributed by atoms with Crippen molar-refractivity contribution < 1.29 is 143 Å². The van der Waals surface area contributed by atoms with Crippen LogP contribution in [-0.4, -0.2) is 0 Å². The predicted octanol–water partition coefficient (Wildman–Crippen LogP) is -16.7. The maximum Gasteiger partial charge on any atom is 4.00 e. The molecule has 1 nitrogen and oxygen atoms in total. The van der Waals surface area contributed by atoms with E-state index in [0.717, 1.165) is 0 Å². The Hall–Kier alpha value is 4.51. The molecule has 0 aromatic heterocycles. The summed E-state index contributed by atoms with van der Waals surface area (Å²) in [4.78, 5) is 0. The summed E-state index contributed by atoms with van der Waals surface area (Å²) in [6.07, 6.45) is 0. The van der Waals surface area contributed by atoms with Crippen LogP contribution in [-0.2, 0) is 30.0 Å². The van der Waals surface area contributed by atoms with Crippen molar-refractivity contribution in [1.29, 1.82) is 0 Å². The summed E-state index contributed by atoms with van der Waals surface area (Å²) < 4.78 is 3.19. The smallest absolute Gasteiger partial charge is 1.00 e. The molecule has 0 aromatic rings. The van der Waals surface area contributed by atoms with Gasteiger partial charge in [-0.15, -0.1) is 0 Å². The van der Waals surface area contributed by atoms with Crippen molar-refractivity contribution >= 4 is 23.7 Å². The first-order valence-electron chi connectivity index (χ1n) is 0.309. The summed E-state index contributed by atoms with van der Waals surface area (Å²) in [7, 11) is 0. The van der Waals surface area contributed by atoms with Crippen molar-refractivity contribution in [1.82, 2.24) is 0 Å². The zero-order valence-corrected chi connectivity index (χ0v) is 15.4. The van der Waals surface area contributed by atoms with Gasteiger partial charge in [0.05, 0.1) is 23.7 Å². The van der Waals surface area contributed by atoms with E-state index in [1.165, 1.54) is 0 Å². The first-order chi connectivity index (χ1) is 1.41. The van der Waals surface area contributed by atoms with Gasteiger partial charge in [-0.3, -0.25) is 0 Å². The van der Waals surface area contributed by atoms with Crippen molar-refractivity contribution in [3.63, 3.8) is 0 Å². The third-order valence-electron chi connectivity index (χ3n) is 0. The predicted molar refractivity (Wildman–Crippen MR) is 12.8 cm³/mol. The molecule has 0 spiro atoms. The largest absolute Gasteiger partial charge is 4.00 e. The van der Waals surface area contributed by atoms with Gasteiger partial charge in [0.15, 0.2) is 0 Å². The summed E-state index contributed by atoms with van der Waals surface area (Å²) in [6, 6.07) is 0. The summed E-state index contributed by atoms with van der Waals surface area (Å²) in [5.74, 6) is 0. The van der Waals surface area contributed by atoms with Crippen LogP contribution in [0.25, 0.3) is 0 Å². The molecule has 60 valence electrons. The van der Waals surface area contributed by atoms with E-state index in [-0.39, 0.29) is 140 Å². The van der Waals surface area contributed by atoms with Gasteiger partial charge in [0, 0.05) is 0 Å². The molecule has 0 bridgehead atoms. The normalized spacial score (nSPS) is 1.80. The Morgan fingerprint density at radius 3 is 0.700 bits per heavy atom. The van der Waals surface area contributed by atoms with E-state index in [4.69, 9.17) is 0 Å². The van der Waals surface area contributed by atoms with E-state index in [0.29, 0.717) is 0 Å². The molecule has 0 rings (SSSR count). The van der Waals surface area contributed by atoms with Gasteiger partial charge in [-0.05, 0) is 0 Å². The van der Waals surface area contributed by atoms with Gasteiger partial charge in [-0.1, -0.05) is 0 Å². The van der Waals surface area contributed by atoms with Crippen molar-refractivity contribution in [3.8, 4) is 0 Å². The molecule has 0 N–H and O–H groups in total. The second-order valence-corrected chi connectivity index (χ2v) is 0.525. The zero-order chi connectivity index (χ0) is 2.71. The monoisotopic (exact) mass is 390 g/mol. The van der Waals surface area contributed by atoms with Crippen molar-refractivity contribution in [2.45, 2.75) is 0 Å².